The maximum Gasteiger partial charge on any atom is 0.358 e. The number of hydrogen-bond donors (Lipinski definition) is 0. The first-order chi connectivity index (χ1) is 8.70. The Bertz CT molecular complexity index is 552. The third-order valence-electron chi connectivity index (χ3n) is 2.33. The molecule has 1 heterocycles. The number of rotatable bonds is 3. The van der Waals surface area contributed by atoms with E-state index in [1.165, 1.54) is 19.5 Å². The van der Waals surface area contributed by atoms with Crippen molar-refractivity contribution in [2.24, 2.45) is 0 Å². The molecule has 2 aromatic rings. The van der Waals surface area contributed by atoms with Crippen LogP contribution in [0, 0.1) is 6.92 Å². The number of ether oxygens (including phenoxy) is 2. The molecule has 0 fully saturated rings. The van der Waals surface area contributed by atoms with Crippen LogP contribution in [0.15, 0.2) is 36.7 Å². The van der Waals surface area contributed by atoms with E-state index in [4.69, 9.17) is 4.74 Å². The second-order valence-corrected chi connectivity index (χ2v) is 3.60. The molecule has 0 aliphatic carbocycles. The number of esters is 1. The maximum atomic E-state index is 11.2. The fourth-order valence-electron chi connectivity index (χ4n) is 1.36. The molecule has 0 N–H and O–H groups in total. The lowest BCUT2D eigenvalue weighted by molar-refractivity contribution is 0.0593. The number of methoxy groups -OCH3 is 1. The number of benzene rings is 1. The molecule has 0 aliphatic heterocycles. The van der Waals surface area contributed by atoms with Crippen molar-refractivity contribution < 1.29 is 14.3 Å². The Morgan fingerprint density at radius 3 is 2.56 bits per heavy atom. The van der Waals surface area contributed by atoms with Gasteiger partial charge in [-0.25, -0.2) is 14.8 Å². The minimum atomic E-state index is -0.523. The second-order valence-electron chi connectivity index (χ2n) is 3.60. The summed E-state index contributed by atoms with van der Waals surface area (Å²) in [5, 5.41) is 0. The highest BCUT2D eigenvalue weighted by Gasteiger charge is 2.08. The Labute approximate surface area is 104 Å². The normalized spacial score (nSPS) is 9.89. The average molecular weight is 244 g/mol. The van der Waals surface area contributed by atoms with Crippen molar-refractivity contribution in [3.8, 4) is 11.6 Å². The summed E-state index contributed by atoms with van der Waals surface area (Å²) in [5.41, 5.74) is 1.14. The molecule has 5 heteroatoms. The van der Waals surface area contributed by atoms with Gasteiger partial charge in [0.1, 0.15) is 5.75 Å². The lowest BCUT2D eigenvalue weighted by Gasteiger charge is -2.06. The molecule has 0 saturated heterocycles. The molecular formula is C13H12N2O3. The molecule has 0 bridgehead atoms. The van der Waals surface area contributed by atoms with Crippen LogP contribution in [-0.2, 0) is 4.74 Å². The van der Waals surface area contributed by atoms with E-state index in [0.717, 1.165) is 5.56 Å². The SMILES string of the molecule is COC(=O)c1cnc(Oc2ccccc2C)cn1. The zero-order chi connectivity index (χ0) is 13.0. The van der Waals surface area contributed by atoms with E-state index in [0.29, 0.717) is 11.6 Å². The smallest absolute Gasteiger partial charge is 0.358 e. The number of nitrogens with zero attached hydrogens (tertiary/aromatic N) is 2. The number of carbonyl (C=O) groups excluding carboxylic acids is 1. The second kappa shape index (κ2) is 5.27. The van der Waals surface area contributed by atoms with Gasteiger partial charge in [0, 0.05) is 0 Å². The minimum absolute atomic E-state index is 0.148. The van der Waals surface area contributed by atoms with Crippen LogP contribution in [0.5, 0.6) is 11.6 Å². The number of aromatic nitrogens is 2. The summed E-state index contributed by atoms with van der Waals surface area (Å²) in [5.74, 6) is 0.513. The Hall–Kier alpha value is -2.43. The van der Waals surface area contributed by atoms with Gasteiger partial charge in [-0.05, 0) is 18.6 Å². The van der Waals surface area contributed by atoms with Gasteiger partial charge < -0.3 is 9.47 Å². The van der Waals surface area contributed by atoms with Gasteiger partial charge in [0.2, 0.25) is 5.88 Å². The van der Waals surface area contributed by atoms with E-state index >= 15 is 0 Å². The molecule has 1 aromatic carbocycles. The van der Waals surface area contributed by atoms with Gasteiger partial charge in [-0.1, -0.05) is 18.2 Å². The molecule has 0 amide bonds. The first kappa shape index (κ1) is 12.0. The van der Waals surface area contributed by atoms with Crippen LogP contribution in [0.25, 0.3) is 0 Å². The van der Waals surface area contributed by atoms with E-state index in [-0.39, 0.29) is 5.69 Å². The van der Waals surface area contributed by atoms with Crippen molar-refractivity contribution >= 4 is 5.97 Å². The summed E-state index contributed by atoms with van der Waals surface area (Å²) in [6.45, 7) is 1.94. The Morgan fingerprint density at radius 2 is 1.94 bits per heavy atom. The van der Waals surface area contributed by atoms with Crippen LogP contribution < -0.4 is 4.74 Å². The molecule has 0 spiro atoms. The van der Waals surface area contributed by atoms with Gasteiger partial charge in [-0.15, -0.1) is 0 Å². The van der Waals surface area contributed by atoms with E-state index in [1.54, 1.807) is 0 Å². The zero-order valence-corrected chi connectivity index (χ0v) is 10.1. The molecule has 5 nitrogen and oxygen atoms in total. The van der Waals surface area contributed by atoms with Crippen molar-refractivity contribution in [1.29, 1.82) is 0 Å². The lowest BCUT2D eigenvalue weighted by atomic mass is 10.2. The maximum absolute atomic E-state index is 11.2. The van der Waals surface area contributed by atoms with Gasteiger partial charge in [0.05, 0.1) is 19.5 Å². The number of carbonyl (C=O) groups is 1. The lowest BCUT2D eigenvalue weighted by Crippen LogP contribution is -2.04. The summed E-state index contributed by atoms with van der Waals surface area (Å²) in [6.07, 6.45) is 2.71. The van der Waals surface area contributed by atoms with Crippen molar-refractivity contribution in [3.63, 3.8) is 0 Å². The third-order valence-corrected chi connectivity index (χ3v) is 2.33. The van der Waals surface area contributed by atoms with Gasteiger partial charge in [-0.3, -0.25) is 0 Å². The van der Waals surface area contributed by atoms with Crippen LogP contribution in [0.1, 0.15) is 16.1 Å². The highest BCUT2D eigenvalue weighted by molar-refractivity contribution is 5.86. The van der Waals surface area contributed by atoms with Gasteiger partial charge in [0.25, 0.3) is 0 Å². The molecule has 1 aromatic heterocycles. The van der Waals surface area contributed by atoms with E-state index in [9.17, 15) is 4.79 Å². The van der Waals surface area contributed by atoms with E-state index < -0.39 is 5.97 Å². The van der Waals surface area contributed by atoms with Gasteiger partial charge >= 0.3 is 5.97 Å². The number of hydrogen-bond acceptors (Lipinski definition) is 5. The summed E-state index contributed by atoms with van der Waals surface area (Å²) in [7, 11) is 1.29. The largest absolute Gasteiger partial charge is 0.464 e. The van der Waals surface area contributed by atoms with Gasteiger partial charge in [-0.2, -0.15) is 0 Å². The molecule has 0 radical (unpaired) electrons. The van der Waals surface area contributed by atoms with Crippen LogP contribution in [-0.4, -0.2) is 23.0 Å². The van der Waals surface area contributed by atoms with Crippen molar-refractivity contribution in [1.82, 2.24) is 9.97 Å². The molecule has 2 rings (SSSR count). The van der Waals surface area contributed by atoms with Crippen molar-refractivity contribution in [3.05, 3.63) is 47.9 Å². The number of aryl methyl sites for hydroxylation is 1. The topological polar surface area (TPSA) is 61.3 Å². The third kappa shape index (κ3) is 2.63. The Kier molecular flexibility index (Phi) is 3.52. The summed E-state index contributed by atoms with van der Waals surface area (Å²) in [4.78, 5) is 19.1. The highest BCUT2D eigenvalue weighted by atomic mass is 16.5. The first-order valence-corrected chi connectivity index (χ1v) is 5.34. The molecule has 92 valence electrons. The van der Waals surface area contributed by atoms with Gasteiger partial charge in [0.15, 0.2) is 5.69 Å². The van der Waals surface area contributed by atoms with Crippen LogP contribution in [0.2, 0.25) is 0 Å². The predicted molar refractivity (Wildman–Crippen MR) is 64.6 cm³/mol. The van der Waals surface area contributed by atoms with Crippen molar-refractivity contribution in [2.75, 3.05) is 7.11 Å². The van der Waals surface area contributed by atoms with E-state index in [1.807, 2.05) is 31.2 Å². The first-order valence-electron chi connectivity index (χ1n) is 5.34. The molecule has 0 saturated carbocycles. The minimum Gasteiger partial charge on any atom is -0.464 e. The number of para-hydroxylation sites is 1. The van der Waals surface area contributed by atoms with Crippen LogP contribution in [0.4, 0.5) is 0 Å². The molecule has 0 atom stereocenters. The Morgan fingerprint density at radius 1 is 1.17 bits per heavy atom. The fraction of sp³-hybridized carbons (Fsp3) is 0.154. The fourth-order valence-corrected chi connectivity index (χ4v) is 1.36. The zero-order valence-electron chi connectivity index (χ0n) is 10.1. The van der Waals surface area contributed by atoms with Crippen molar-refractivity contribution in [2.45, 2.75) is 6.92 Å². The molecule has 18 heavy (non-hydrogen) atoms. The standard InChI is InChI=1S/C13H12N2O3/c1-9-5-3-4-6-11(9)18-12-8-14-10(7-15-12)13(16)17-2/h3-8H,1-2H3. The highest BCUT2D eigenvalue weighted by Crippen LogP contribution is 2.22. The van der Waals surface area contributed by atoms with E-state index in [2.05, 4.69) is 14.7 Å². The summed E-state index contributed by atoms with van der Waals surface area (Å²) < 4.78 is 10.1. The molecule has 0 unspecified atom stereocenters. The Balaban J connectivity index is 2.16. The predicted octanol–water partition coefficient (Wildman–Crippen LogP) is 2.36. The summed E-state index contributed by atoms with van der Waals surface area (Å²) in [6, 6.07) is 7.57. The molecule has 0 aliphatic rings. The summed E-state index contributed by atoms with van der Waals surface area (Å²) >= 11 is 0. The van der Waals surface area contributed by atoms with Crippen LogP contribution >= 0.6 is 0 Å². The quantitative estimate of drug-likeness (QED) is 0.775. The van der Waals surface area contributed by atoms with Crippen LogP contribution in [0.3, 0.4) is 0 Å². The monoisotopic (exact) mass is 244 g/mol. The molecular weight excluding hydrogens is 232 g/mol. The average Bonchev–Trinajstić information content (AvgIpc) is 2.41.